The van der Waals surface area contributed by atoms with Gasteiger partial charge >= 0.3 is 0 Å². The number of carbonyl (C=O) groups excluding carboxylic acids is 2. The summed E-state index contributed by atoms with van der Waals surface area (Å²) in [6, 6.07) is 12.3. The molecule has 1 unspecified atom stereocenters. The van der Waals surface area contributed by atoms with Crippen molar-refractivity contribution in [3.05, 3.63) is 64.7 Å². The van der Waals surface area contributed by atoms with Crippen LogP contribution in [0.2, 0.25) is 0 Å². The fourth-order valence-electron chi connectivity index (χ4n) is 3.41. The molecule has 1 aliphatic heterocycles. The zero-order valence-electron chi connectivity index (χ0n) is 15.2. The number of hydrogen-bond acceptors (Lipinski definition) is 4. The Balaban J connectivity index is 1.77. The van der Waals surface area contributed by atoms with E-state index in [2.05, 4.69) is 0 Å². The molecule has 0 amide bonds. The number of rotatable bonds is 7. The van der Waals surface area contributed by atoms with E-state index in [9.17, 15) is 18.4 Å². The van der Waals surface area contributed by atoms with Gasteiger partial charge in [-0.2, -0.15) is 0 Å². The molecule has 0 N–H and O–H groups in total. The molecule has 0 aliphatic carbocycles. The molecule has 2 aromatic carbocycles. The van der Waals surface area contributed by atoms with Gasteiger partial charge in [0.1, 0.15) is 11.8 Å². The van der Waals surface area contributed by atoms with Crippen LogP contribution in [0.3, 0.4) is 0 Å². The highest BCUT2D eigenvalue weighted by atomic mass is 19.3. The number of alkyl halides is 2. The number of Topliss-reactive ketones (excluding diaryl/α,β-unsaturated/α-hetero) is 1. The van der Waals surface area contributed by atoms with Gasteiger partial charge in [-0.1, -0.05) is 36.4 Å². The Labute approximate surface area is 156 Å². The minimum Gasteiger partial charge on any atom is -0.487 e. The smallest absolute Gasteiger partial charge is 0.278 e. The molecule has 1 atom stereocenters. The Morgan fingerprint density at radius 1 is 1.30 bits per heavy atom. The van der Waals surface area contributed by atoms with Crippen LogP contribution in [0.1, 0.15) is 35.2 Å². The van der Waals surface area contributed by atoms with Gasteiger partial charge in [0.05, 0.1) is 0 Å². The second kappa shape index (κ2) is 7.56. The van der Waals surface area contributed by atoms with E-state index in [0.29, 0.717) is 25.1 Å². The van der Waals surface area contributed by atoms with Crippen LogP contribution >= 0.6 is 0 Å². The number of carbonyl (C=O) groups is 2. The van der Waals surface area contributed by atoms with Gasteiger partial charge in [-0.05, 0) is 35.2 Å². The van der Waals surface area contributed by atoms with Crippen LogP contribution in [-0.2, 0) is 22.7 Å². The average molecular weight is 373 g/mol. The maximum atomic E-state index is 13.0. The number of hydrogen-bond donors (Lipinski definition) is 0. The summed E-state index contributed by atoms with van der Waals surface area (Å²) in [6.07, 6.45) is 0.368. The topological polar surface area (TPSA) is 46.6 Å². The standard InChI is InChI=1S/C21H21F2NO3/c1-14-9-15(7-8-19(14)27-13-21(2,22)23)10-24-11-16-5-3-4-6-17(16)20(24)18(26)12-25/h3-9,12,20H,10-11,13H2,1-2H3. The molecule has 0 fully saturated rings. The molecule has 0 radical (unpaired) electrons. The molecule has 3 rings (SSSR count). The van der Waals surface area contributed by atoms with Gasteiger partial charge in [-0.15, -0.1) is 0 Å². The first-order valence-electron chi connectivity index (χ1n) is 8.69. The van der Waals surface area contributed by atoms with E-state index in [4.69, 9.17) is 4.74 Å². The van der Waals surface area contributed by atoms with Crippen LogP contribution in [-0.4, -0.2) is 29.5 Å². The highest BCUT2D eigenvalue weighted by Crippen LogP contribution is 2.35. The van der Waals surface area contributed by atoms with E-state index in [1.165, 1.54) is 0 Å². The van der Waals surface area contributed by atoms with Gasteiger partial charge < -0.3 is 4.74 Å². The summed E-state index contributed by atoms with van der Waals surface area (Å²) >= 11 is 0. The summed E-state index contributed by atoms with van der Waals surface area (Å²) in [7, 11) is 0. The van der Waals surface area contributed by atoms with Gasteiger partial charge in [-0.25, -0.2) is 8.78 Å². The number of ether oxygens (including phenoxy) is 1. The second-order valence-corrected chi connectivity index (χ2v) is 6.99. The Morgan fingerprint density at radius 2 is 2.04 bits per heavy atom. The number of halogens is 2. The maximum absolute atomic E-state index is 13.0. The van der Waals surface area contributed by atoms with Crippen LogP contribution < -0.4 is 4.74 Å². The molecule has 0 saturated heterocycles. The predicted octanol–water partition coefficient (Wildman–Crippen LogP) is 3.85. The third-order valence-corrected chi connectivity index (χ3v) is 4.58. The van der Waals surface area contributed by atoms with E-state index in [0.717, 1.165) is 29.2 Å². The highest BCUT2D eigenvalue weighted by molar-refractivity contribution is 6.27. The summed E-state index contributed by atoms with van der Waals surface area (Å²) < 4.78 is 31.1. The van der Waals surface area contributed by atoms with Crippen molar-refractivity contribution in [3.63, 3.8) is 0 Å². The van der Waals surface area contributed by atoms with E-state index < -0.39 is 24.4 Å². The van der Waals surface area contributed by atoms with Crippen LogP contribution in [0, 0.1) is 6.92 Å². The lowest BCUT2D eigenvalue weighted by molar-refractivity contribution is -0.133. The molecule has 0 saturated carbocycles. The number of aldehydes is 1. The molecular weight excluding hydrogens is 352 g/mol. The van der Waals surface area contributed by atoms with Gasteiger partial charge in [0.15, 0.2) is 12.9 Å². The van der Waals surface area contributed by atoms with Crippen molar-refractivity contribution in [2.45, 2.75) is 38.9 Å². The van der Waals surface area contributed by atoms with Crippen LogP contribution in [0.4, 0.5) is 8.78 Å². The number of nitrogens with zero attached hydrogens (tertiary/aromatic N) is 1. The van der Waals surface area contributed by atoms with E-state index in [1.54, 1.807) is 19.1 Å². The number of benzene rings is 2. The molecule has 0 spiro atoms. The lowest BCUT2D eigenvalue weighted by atomic mass is 10.0. The van der Waals surface area contributed by atoms with Crippen molar-refractivity contribution in [1.82, 2.24) is 4.90 Å². The number of fused-ring (bicyclic) bond motifs is 1. The Morgan fingerprint density at radius 3 is 2.70 bits per heavy atom. The summed E-state index contributed by atoms with van der Waals surface area (Å²) in [5.41, 5.74) is 3.54. The van der Waals surface area contributed by atoms with Gasteiger partial charge in [0.25, 0.3) is 5.92 Å². The van der Waals surface area contributed by atoms with Crippen molar-refractivity contribution in [2.24, 2.45) is 0 Å². The van der Waals surface area contributed by atoms with E-state index in [-0.39, 0.29) is 0 Å². The third kappa shape index (κ3) is 4.39. The van der Waals surface area contributed by atoms with Crippen molar-refractivity contribution in [1.29, 1.82) is 0 Å². The lowest BCUT2D eigenvalue weighted by Gasteiger charge is -2.23. The number of ketones is 1. The average Bonchev–Trinajstić information content (AvgIpc) is 2.97. The molecular formula is C21H21F2NO3. The summed E-state index contributed by atoms with van der Waals surface area (Å²) in [6.45, 7) is 2.96. The zero-order valence-corrected chi connectivity index (χ0v) is 15.2. The molecule has 1 heterocycles. The van der Waals surface area contributed by atoms with Crippen LogP contribution in [0.15, 0.2) is 42.5 Å². The van der Waals surface area contributed by atoms with Crippen LogP contribution in [0.5, 0.6) is 5.75 Å². The first-order chi connectivity index (χ1) is 12.8. The molecule has 4 nitrogen and oxygen atoms in total. The maximum Gasteiger partial charge on any atom is 0.278 e. The Bertz CT molecular complexity index is 861. The normalized spacial score (nSPS) is 16.8. The van der Waals surface area contributed by atoms with E-state index >= 15 is 0 Å². The Kier molecular flexibility index (Phi) is 5.37. The molecule has 27 heavy (non-hydrogen) atoms. The van der Waals surface area contributed by atoms with E-state index in [1.807, 2.05) is 35.2 Å². The first kappa shape index (κ1) is 19.2. The quantitative estimate of drug-likeness (QED) is 0.546. The molecule has 1 aliphatic rings. The van der Waals surface area contributed by atoms with Gasteiger partial charge in [0.2, 0.25) is 5.78 Å². The van der Waals surface area contributed by atoms with Gasteiger partial charge in [-0.3, -0.25) is 14.5 Å². The summed E-state index contributed by atoms with van der Waals surface area (Å²) in [5, 5.41) is 0. The monoisotopic (exact) mass is 373 g/mol. The second-order valence-electron chi connectivity index (χ2n) is 6.99. The molecule has 142 valence electrons. The molecule has 0 bridgehead atoms. The predicted molar refractivity (Wildman–Crippen MR) is 96.8 cm³/mol. The molecule has 2 aromatic rings. The SMILES string of the molecule is Cc1cc(CN2Cc3ccccc3C2C(=O)C=O)ccc1OCC(C)(F)F. The Hall–Kier alpha value is -2.60. The summed E-state index contributed by atoms with van der Waals surface area (Å²) in [4.78, 5) is 25.2. The fraction of sp³-hybridized carbons (Fsp3) is 0.333. The third-order valence-electron chi connectivity index (χ3n) is 4.58. The van der Waals surface area contributed by atoms with Crippen molar-refractivity contribution < 1.29 is 23.1 Å². The fourth-order valence-corrected chi connectivity index (χ4v) is 3.41. The van der Waals surface area contributed by atoms with Crippen LogP contribution in [0.25, 0.3) is 0 Å². The highest BCUT2D eigenvalue weighted by Gasteiger charge is 2.34. The minimum absolute atomic E-state index is 0.368. The number of aryl methyl sites for hydroxylation is 1. The van der Waals surface area contributed by atoms with Crippen molar-refractivity contribution >= 4 is 12.1 Å². The summed E-state index contributed by atoms with van der Waals surface area (Å²) in [5.74, 6) is -2.96. The zero-order chi connectivity index (χ0) is 19.6. The van der Waals surface area contributed by atoms with Crippen molar-refractivity contribution in [2.75, 3.05) is 6.61 Å². The van der Waals surface area contributed by atoms with Crippen molar-refractivity contribution in [3.8, 4) is 5.75 Å². The largest absolute Gasteiger partial charge is 0.487 e. The molecule has 6 heteroatoms. The lowest BCUT2D eigenvalue weighted by Crippen LogP contribution is -2.28. The molecule has 0 aromatic heterocycles. The minimum atomic E-state index is -2.89. The van der Waals surface area contributed by atoms with Gasteiger partial charge in [0, 0.05) is 20.0 Å². The first-order valence-corrected chi connectivity index (χ1v) is 8.69.